The van der Waals surface area contributed by atoms with Crippen LogP contribution in [0.15, 0.2) is 36.8 Å². The monoisotopic (exact) mass is 375 g/mol. The molecule has 1 atom stereocenters. The number of pyridine rings is 1. The number of carbonyl (C=O) groups excluding carboxylic acids is 1. The van der Waals surface area contributed by atoms with Gasteiger partial charge < -0.3 is 10.2 Å². The van der Waals surface area contributed by atoms with E-state index in [0.717, 1.165) is 5.56 Å². The average Bonchev–Trinajstić information content (AvgIpc) is 3.01. The van der Waals surface area contributed by atoms with E-state index in [9.17, 15) is 13.2 Å². The lowest BCUT2D eigenvalue weighted by Gasteiger charge is -2.26. The third kappa shape index (κ3) is 4.34. The van der Waals surface area contributed by atoms with Crippen molar-refractivity contribution in [2.45, 2.75) is 25.9 Å². The second-order valence-electron chi connectivity index (χ2n) is 6.13. The lowest BCUT2D eigenvalue weighted by atomic mass is 10.2. The summed E-state index contributed by atoms with van der Waals surface area (Å²) in [6, 6.07) is 5.07. The van der Waals surface area contributed by atoms with Gasteiger partial charge in [-0.25, -0.2) is 18.4 Å². The van der Waals surface area contributed by atoms with Crippen molar-refractivity contribution in [3.8, 4) is 0 Å². The molecule has 0 aromatic carbocycles. The normalized spacial score (nSPS) is 18.4. The van der Waals surface area contributed by atoms with Crippen LogP contribution in [0.4, 0.5) is 5.95 Å². The smallest absolute Gasteiger partial charge is 0.270 e. The van der Waals surface area contributed by atoms with E-state index in [1.165, 1.54) is 6.20 Å². The van der Waals surface area contributed by atoms with Crippen LogP contribution in [0.3, 0.4) is 0 Å². The standard InChI is InChI=1S/C17H21N5O3S/c1-2-22(14-6-9-26(24,25)12-14)17-19-8-5-15(21-17)16(23)20-11-13-4-3-7-18-10-13/h3-5,7-8,10,14H,2,6,9,11-12H2,1H3,(H,20,23). The van der Waals surface area contributed by atoms with Crippen LogP contribution in [-0.2, 0) is 16.4 Å². The SMILES string of the molecule is CCN(c1nccc(C(=O)NCc2cccnc2)n1)C1CCS(=O)(=O)C1. The van der Waals surface area contributed by atoms with Crippen molar-refractivity contribution in [2.75, 3.05) is 23.0 Å². The minimum Gasteiger partial charge on any atom is -0.347 e. The fraction of sp³-hybridized carbons (Fsp3) is 0.412. The number of amides is 1. The van der Waals surface area contributed by atoms with E-state index in [4.69, 9.17) is 0 Å². The number of sulfone groups is 1. The van der Waals surface area contributed by atoms with E-state index in [-0.39, 0.29) is 29.1 Å². The predicted molar refractivity (Wildman–Crippen MR) is 97.5 cm³/mol. The van der Waals surface area contributed by atoms with Crippen LogP contribution in [-0.4, -0.2) is 53.4 Å². The van der Waals surface area contributed by atoms with Crippen LogP contribution in [0, 0.1) is 0 Å². The van der Waals surface area contributed by atoms with Gasteiger partial charge in [0.1, 0.15) is 5.69 Å². The highest BCUT2D eigenvalue weighted by Crippen LogP contribution is 2.21. The Morgan fingerprint density at radius 3 is 2.85 bits per heavy atom. The van der Waals surface area contributed by atoms with E-state index in [1.807, 2.05) is 17.9 Å². The Morgan fingerprint density at radius 2 is 2.19 bits per heavy atom. The van der Waals surface area contributed by atoms with Crippen molar-refractivity contribution < 1.29 is 13.2 Å². The summed E-state index contributed by atoms with van der Waals surface area (Å²) in [6.45, 7) is 2.84. The molecule has 1 amide bonds. The van der Waals surface area contributed by atoms with Gasteiger partial charge in [0.15, 0.2) is 9.84 Å². The molecule has 1 aliphatic rings. The Labute approximate surface area is 152 Å². The van der Waals surface area contributed by atoms with Gasteiger partial charge in [-0.1, -0.05) is 6.07 Å². The zero-order chi connectivity index (χ0) is 18.6. The maximum Gasteiger partial charge on any atom is 0.270 e. The molecule has 1 fully saturated rings. The Morgan fingerprint density at radius 1 is 1.35 bits per heavy atom. The Bertz CT molecular complexity index is 873. The van der Waals surface area contributed by atoms with Gasteiger partial charge in [0.2, 0.25) is 5.95 Å². The van der Waals surface area contributed by atoms with Gasteiger partial charge in [0.25, 0.3) is 5.91 Å². The zero-order valence-corrected chi connectivity index (χ0v) is 15.3. The van der Waals surface area contributed by atoms with Gasteiger partial charge in [-0.05, 0) is 31.0 Å². The van der Waals surface area contributed by atoms with Crippen LogP contribution in [0.2, 0.25) is 0 Å². The number of hydrogen-bond acceptors (Lipinski definition) is 7. The fourth-order valence-corrected chi connectivity index (χ4v) is 4.70. The van der Waals surface area contributed by atoms with Crippen molar-refractivity contribution in [3.63, 3.8) is 0 Å². The molecule has 1 unspecified atom stereocenters. The van der Waals surface area contributed by atoms with Gasteiger partial charge in [0.05, 0.1) is 11.5 Å². The summed E-state index contributed by atoms with van der Waals surface area (Å²) in [5.74, 6) is 0.345. The predicted octanol–water partition coefficient (Wildman–Crippen LogP) is 0.815. The van der Waals surface area contributed by atoms with Gasteiger partial charge in [-0.15, -0.1) is 0 Å². The van der Waals surface area contributed by atoms with E-state index in [1.54, 1.807) is 24.5 Å². The van der Waals surface area contributed by atoms with E-state index < -0.39 is 9.84 Å². The molecule has 0 radical (unpaired) electrons. The molecule has 0 saturated carbocycles. The highest BCUT2D eigenvalue weighted by Gasteiger charge is 2.33. The highest BCUT2D eigenvalue weighted by molar-refractivity contribution is 7.91. The van der Waals surface area contributed by atoms with Gasteiger partial charge in [-0.2, -0.15) is 0 Å². The molecule has 1 aliphatic heterocycles. The molecule has 0 spiro atoms. The number of nitrogens with one attached hydrogen (secondary N) is 1. The third-order valence-corrected chi connectivity index (χ3v) is 6.05. The third-order valence-electron chi connectivity index (χ3n) is 4.30. The summed E-state index contributed by atoms with van der Waals surface area (Å²) in [5.41, 5.74) is 1.14. The molecule has 9 heteroatoms. The second kappa shape index (κ2) is 7.77. The fourth-order valence-electron chi connectivity index (χ4n) is 2.97. The molecule has 2 aromatic heterocycles. The molecule has 8 nitrogen and oxygen atoms in total. The largest absolute Gasteiger partial charge is 0.347 e. The van der Waals surface area contributed by atoms with Gasteiger partial charge >= 0.3 is 0 Å². The van der Waals surface area contributed by atoms with E-state index in [0.29, 0.717) is 25.5 Å². The minimum absolute atomic E-state index is 0.0988. The first-order valence-electron chi connectivity index (χ1n) is 8.45. The lowest BCUT2D eigenvalue weighted by molar-refractivity contribution is 0.0945. The van der Waals surface area contributed by atoms with Crippen molar-refractivity contribution in [3.05, 3.63) is 48.0 Å². The molecule has 2 aromatic rings. The highest BCUT2D eigenvalue weighted by atomic mass is 32.2. The van der Waals surface area contributed by atoms with Crippen LogP contribution >= 0.6 is 0 Å². The number of hydrogen-bond donors (Lipinski definition) is 1. The van der Waals surface area contributed by atoms with Gasteiger partial charge in [0, 0.05) is 37.7 Å². The average molecular weight is 375 g/mol. The quantitative estimate of drug-likeness (QED) is 0.797. The van der Waals surface area contributed by atoms with Crippen molar-refractivity contribution >= 4 is 21.7 Å². The summed E-state index contributed by atoms with van der Waals surface area (Å²) in [4.78, 5) is 26.8. The number of nitrogens with zero attached hydrogens (tertiary/aromatic N) is 4. The Balaban J connectivity index is 1.71. The molecular weight excluding hydrogens is 354 g/mol. The lowest BCUT2D eigenvalue weighted by Crippen LogP contribution is -2.37. The molecule has 26 heavy (non-hydrogen) atoms. The number of aromatic nitrogens is 3. The van der Waals surface area contributed by atoms with Crippen LogP contribution in [0.25, 0.3) is 0 Å². The molecule has 1 saturated heterocycles. The zero-order valence-electron chi connectivity index (χ0n) is 14.5. The Hall–Kier alpha value is -2.55. The maximum atomic E-state index is 12.4. The van der Waals surface area contributed by atoms with Crippen LogP contribution in [0.1, 0.15) is 29.4 Å². The maximum absolute atomic E-state index is 12.4. The molecule has 3 heterocycles. The number of carbonyl (C=O) groups is 1. The first-order valence-corrected chi connectivity index (χ1v) is 10.3. The molecule has 3 rings (SSSR count). The molecular formula is C17H21N5O3S. The molecule has 0 aliphatic carbocycles. The Kier molecular flexibility index (Phi) is 5.46. The first kappa shape index (κ1) is 18.2. The van der Waals surface area contributed by atoms with Crippen molar-refractivity contribution in [2.24, 2.45) is 0 Å². The van der Waals surface area contributed by atoms with E-state index in [2.05, 4.69) is 20.3 Å². The topological polar surface area (TPSA) is 105 Å². The molecule has 0 bridgehead atoms. The summed E-state index contributed by atoms with van der Waals surface area (Å²) >= 11 is 0. The van der Waals surface area contributed by atoms with Crippen molar-refractivity contribution in [1.82, 2.24) is 20.3 Å². The van der Waals surface area contributed by atoms with Crippen LogP contribution in [0.5, 0.6) is 0 Å². The minimum atomic E-state index is -3.01. The van der Waals surface area contributed by atoms with Crippen molar-refractivity contribution in [1.29, 1.82) is 0 Å². The number of anilines is 1. The first-order chi connectivity index (χ1) is 12.5. The number of rotatable bonds is 6. The summed E-state index contributed by atoms with van der Waals surface area (Å²) in [5, 5.41) is 2.80. The summed E-state index contributed by atoms with van der Waals surface area (Å²) in [6.07, 6.45) is 5.43. The van der Waals surface area contributed by atoms with E-state index >= 15 is 0 Å². The summed E-state index contributed by atoms with van der Waals surface area (Å²) in [7, 11) is -3.01. The second-order valence-corrected chi connectivity index (χ2v) is 8.36. The van der Waals surface area contributed by atoms with Crippen LogP contribution < -0.4 is 10.2 Å². The summed E-state index contributed by atoms with van der Waals surface area (Å²) < 4.78 is 23.5. The molecule has 1 N–H and O–H groups in total. The van der Waals surface area contributed by atoms with Gasteiger partial charge in [-0.3, -0.25) is 9.78 Å². The molecule has 138 valence electrons.